The van der Waals surface area contributed by atoms with Gasteiger partial charge in [-0.1, -0.05) is 48.0 Å². The van der Waals surface area contributed by atoms with E-state index in [1.165, 1.54) is 5.56 Å². The molecule has 5 heteroatoms. The Morgan fingerprint density at radius 3 is 2.48 bits per heavy atom. The fourth-order valence-corrected chi connectivity index (χ4v) is 3.37. The third kappa shape index (κ3) is 5.09. The number of carbonyl (C=O) groups is 2. The van der Waals surface area contributed by atoms with Gasteiger partial charge in [0.2, 0.25) is 5.91 Å². The molecule has 1 aliphatic heterocycles. The number of nitrogens with zero attached hydrogens (tertiary/aromatic N) is 1. The molecule has 2 N–H and O–H groups in total. The molecule has 5 nitrogen and oxygen atoms in total. The summed E-state index contributed by atoms with van der Waals surface area (Å²) < 4.78 is 0. The van der Waals surface area contributed by atoms with Crippen LogP contribution in [0.5, 0.6) is 0 Å². The minimum atomic E-state index is -0.173. The van der Waals surface area contributed by atoms with E-state index in [1.54, 1.807) is 4.90 Å². The van der Waals surface area contributed by atoms with E-state index in [9.17, 15) is 9.59 Å². The highest BCUT2D eigenvalue weighted by molar-refractivity contribution is 5.90. The van der Waals surface area contributed by atoms with Crippen molar-refractivity contribution in [3.63, 3.8) is 0 Å². The molecule has 1 aliphatic rings. The zero-order chi connectivity index (χ0) is 19.2. The van der Waals surface area contributed by atoms with Gasteiger partial charge in [0.15, 0.2) is 0 Å². The third-order valence-corrected chi connectivity index (χ3v) is 5.04. The molecule has 142 valence electrons. The standard InChI is InChI=1S/C22H27N3O2/c1-16-10-12-18(13-11-16)17(2)23-21(26)19-7-6-14-25(15-19)22(27)24-20-8-4-3-5-9-20/h3-5,8-13,17,19H,6-7,14-15H2,1-2H3,(H,23,26)(H,24,27). The number of carbonyl (C=O) groups excluding carboxylic acids is 2. The number of piperidine rings is 1. The summed E-state index contributed by atoms with van der Waals surface area (Å²) in [6.07, 6.45) is 1.64. The number of aryl methyl sites for hydroxylation is 1. The van der Waals surface area contributed by atoms with Crippen molar-refractivity contribution in [3.8, 4) is 0 Å². The molecule has 2 atom stereocenters. The zero-order valence-electron chi connectivity index (χ0n) is 15.9. The summed E-state index contributed by atoms with van der Waals surface area (Å²) >= 11 is 0. The van der Waals surface area contributed by atoms with E-state index < -0.39 is 0 Å². The van der Waals surface area contributed by atoms with E-state index in [1.807, 2.05) is 68.4 Å². The van der Waals surface area contributed by atoms with Crippen LogP contribution in [-0.4, -0.2) is 29.9 Å². The summed E-state index contributed by atoms with van der Waals surface area (Å²) in [7, 11) is 0. The highest BCUT2D eigenvalue weighted by Gasteiger charge is 2.29. The molecule has 1 heterocycles. The third-order valence-electron chi connectivity index (χ3n) is 5.04. The van der Waals surface area contributed by atoms with Crippen LogP contribution in [0.1, 0.15) is 36.9 Å². The van der Waals surface area contributed by atoms with E-state index in [-0.39, 0.29) is 23.9 Å². The maximum Gasteiger partial charge on any atom is 0.321 e. The van der Waals surface area contributed by atoms with Crippen molar-refractivity contribution in [1.82, 2.24) is 10.2 Å². The number of hydrogen-bond acceptors (Lipinski definition) is 2. The number of para-hydroxylation sites is 1. The number of hydrogen-bond donors (Lipinski definition) is 2. The Morgan fingerprint density at radius 1 is 1.07 bits per heavy atom. The van der Waals surface area contributed by atoms with Crippen molar-refractivity contribution >= 4 is 17.6 Å². The minimum absolute atomic E-state index is 0.0142. The lowest BCUT2D eigenvalue weighted by molar-refractivity contribution is -0.126. The average molecular weight is 365 g/mol. The summed E-state index contributed by atoms with van der Waals surface area (Å²) in [5.41, 5.74) is 3.05. The molecule has 0 saturated carbocycles. The maximum absolute atomic E-state index is 12.7. The summed E-state index contributed by atoms with van der Waals surface area (Å²) in [4.78, 5) is 26.9. The highest BCUT2D eigenvalue weighted by atomic mass is 16.2. The van der Waals surface area contributed by atoms with Crippen LogP contribution in [0, 0.1) is 12.8 Å². The number of amides is 3. The van der Waals surface area contributed by atoms with Gasteiger partial charge in [-0.3, -0.25) is 4.79 Å². The van der Waals surface area contributed by atoms with Gasteiger partial charge in [0.05, 0.1) is 12.0 Å². The van der Waals surface area contributed by atoms with Gasteiger partial charge in [-0.15, -0.1) is 0 Å². The summed E-state index contributed by atoms with van der Waals surface area (Å²) in [5.74, 6) is -0.159. The van der Waals surface area contributed by atoms with Gasteiger partial charge in [-0.05, 0) is 44.4 Å². The van der Waals surface area contributed by atoms with Crippen LogP contribution in [-0.2, 0) is 4.79 Å². The SMILES string of the molecule is Cc1ccc(C(C)NC(=O)C2CCCN(C(=O)Nc3ccccc3)C2)cc1. The van der Waals surface area contributed by atoms with Gasteiger partial charge < -0.3 is 15.5 Å². The molecule has 0 radical (unpaired) electrons. The lowest BCUT2D eigenvalue weighted by Crippen LogP contribution is -2.47. The number of nitrogens with one attached hydrogen (secondary N) is 2. The number of urea groups is 1. The average Bonchev–Trinajstić information content (AvgIpc) is 2.69. The largest absolute Gasteiger partial charge is 0.349 e. The predicted octanol–water partition coefficient (Wildman–Crippen LogP) is 4.12. The molecule has 27 heavy (non-hydrogen) atoms. The fourth-order valence-electron chi connectivity index (χ4n) is 3.37. The molecule has 1 saturated heterocycles. The molecule has 0 aromatic heterocycles. The Labute approximate surface area is 160 Å². The van der Waals surface area contributed by atoms with Crippen molar-refractivity contribution < 1.29 is 9.59 Å². The van der Waals surface area contributed by atoms with E-state index in [0.717, 1.165) is 24.1 Å². The Balaban J connectivity index is 1.56. The monoisotopic (exact) mass is 365 g/mol. The van der Waals surface area contributed by atoms with Crippen LogP contribution in [0.15, 0.2) is 54.6 Å². The quantitative estimate of drug-likeness (QED) is 0.856. The lowest BCUT2D eigenvalue weighted by Gasteiger charge is -2.32. The van der Waals surface area contributed by atoms with Crippen molar-refractivity contribution in [2.75, 3.05) is 18.4 Å². The first-order chi connectivity index (χ1) is 13.0. The Kier molecular flexibility index (Phi) is 6.12. The number of benzene rings is 2. The fraction of sp³-hybridized carbons (Fsp3) is 0.364. The number of rotatable bonds is 4. The van der Waals surface area contributed by atoms with Gasteiger partial charge in [0.1, 0.15) is 0 Å². The number of anilines is 1. The highest BCUT2D eigenvalue weighted by Crippen LogP contribution is 2.20. The second kappa shape index (κ2) is 8.71. The lowest BCUT2D eigenvalue weighted by atomic mass is 9.96. The second-order valence-electron chi connectivity index (χ2n) is 7.22. The second-order valence-corrected chi connectivity index (χ2v) is 7.22. The van der Waals surface area contributed by atoms with E-state index in [2.05, 4.69) is 10.6 Å². The van der Waals surface area contributed by atoms with E-state index in [0.29, 0.717) is 13.1 Å². The zero-order valence-corrected chi connectivity index (χ0v) is 15.9. The number of likely N-dealkylation sites (tertiary alicyclic amines) is 1. The van der Waals surface area contributed by atoms with E-state index in [4.69, 9.17) is 0 Å². The van der Waals surface area contributed by atoms with Gasteiger partial charge in [0, 0.05) is 18.8 Å². The maximum atomic E-state index is 12.7. The molecule has 0 spiro atoms. The topological polar surface area (TPSA) is 61.4 Å². The van der Waals surface area contributed by atoms with E-state index >= 15 is 0 Å². The predicted molar refractivity (Wildman–Crippen MR) is 107 cm³/mol. The molecule has 2 aromatic rings. The van der Waals surface area contributed by atoms with Crippen molar-refractivity contribution in [2.45, 2.75) is 32.7 Å². The van der Waals surface area contributed by atoms with Crippen LogP contribution >= 0.6 is 0 Å². The molecule has 3 rings (SSSR count). The molecule has 0 bridgehead atoms. The summed E-state index contributed by atoms with van der Waals surface area (Å²) in [5, 5.41) is 6.00. The minimum Gasteiger partial charge on any atom is -0.349 e. The molecule has 2 aromatic carbocycles. The smallest absolute Gasteiger partial charge is 0.321 e. The van der Waals surface area contributed by atoms with Gasteiger partial charge in [-0.2, -0.15) is 0 Å². The van der Waals surface area contributed by atoms with Gasteiger partial charge in [-0.25, -0.2) is 4.79 Å². The van der Waals surface area contributed by atoms with Crippen molar-refractivity contribution in [2.24, 2.45) is 5.92 Å². The Hall–Kier alpha value is -2.82. The first-order valence-corrected chi connectivity index (χ1v) is 9.51. The molecule has 2 unspecified atom stereocenters. The summed E-state index contributed by atoms with van der Waals surface area (Å²) in [6, 6.07) is 17.4. The van der Waals surface area contributed by atoms with Gasteiger partial charge >= 0.3 is 6.03 Å². The first kappa shape index (κ1) is 19.0. The molecular formula is C22H27N3O2. The normalized spacial score (nSPS) is 17.9. The van der Waals surface area contributed by atoms with Crippen LogP contribution in [0.3, 0.4) is 0 Å². The Bertz CT molecular complexity index is 774. The van der Waals surface area contributed by atoms with Crippen molar-refractivity contribution in [3.05, 3.63) is 65.7 Å². The van der Waals surface area contributed by atoms with Crippen LogP contribution in [0.4, 0.5) is 10.5 Å². The molecule has 0 aliphatic carbocycles. The Morgan fingerprint density at radius 2 is 1.78 bits per heavy atom. The van der Waals surface area contributed by atoms with Gasteiger partial charge in [0.25, 0.3) is 0 Å². The van der Waals surface area contributed by atoms with Crippen molar-refractivity contribution in [1.29, 1.82) is 0 Å². The molecular weight excluding hydrogens is 338 g/mol. The van der Waals surface area contributed by atoms with Crippen LogP contribution in [0.25, 0.3) is 0 Å². The summed E-state index contributed by atoms with van der Waals surface area (Å²) in [6.45, 7) is 5.16. The first-order valence-electron chi connectivity index (χ1n) is 9.51. The molecule has 3 amide bonds. The molecule has 1 fully saturated rings. The van der Waals surface area contributed by atoms with Crippen LogP contribution < -0.4 is 10.6 Å². The van der Waals surface area contributed by atoms with Crippen LogP contribution in [0.2, 0.25) is 0 Å².